The molecule has 0 saturated carbocycles. The molecule has 7 nitrogen and oxygen atoms in total. The Bertz CT molecular complexity index is 785. The summed E-state index contributed by atoms with van der Waals surface area (Å²) < 4.78 is 1.65. The summed E-state index contributed by atoms with van der Waals surface area (Å²) in [6.07, 6.45) is 0. The van der Waals surface area contributed by atoms with E-state index in [1.54, 1.807) is 29.7 Å². The minimum absolute atomic E-state index is 0.139. The van der Waals surface area contributed by atoms with Crippen molar-refractivity contribution in [3.63, 3.8) is 0 Å². The van der Waals surface area contributed by atoms with E-state index in [1.165, 1.54) is 0 Å². The van der Waals surface area contributed by atoms with Crippen LogP contribution < -0.4 is 0 Å². The predicted molar refractivity (Wildman–Crippen MR) is 73.9 cm³/mol. The number of carbonyl (C=O) groups is 1. The molecule has 0 aliphatic rings. The van der Waals surface area contributed by atoms with Crippen LogP contribution in [0, 0.1) is 29.6 Å². The second-order valence-corrected chi connectivity index (χ2v) is 4.94. The number of aliphatic carboxylic acids is 1. The van der Waals surface area contributed by atoms with Gasteiger partial charge in [-0.2, -0.15) is 10.5 Å². The van der Waals surface area contributed by atoms with Gasteiger partial charge in [-0.1, -0.05) is 11.8 Å². The van der Waals surface area contributed by atoms with Gasteiger partial charge >= 0.3 is 5.97 Å². The van der Waals surface area contributed by atoms with Crippen molar-refractivity contribution in [1.29, 1.82) is 10.5 Å². The highest BCUT2D eigenvalue weighted by Crippen LogP contribution is 2.23. The molecule has 2 aromatic rings. The summed E-state index contributed by atoms with van der Waals surface area (Å²) in [4.78, 5) is 10.7. The quantitative estimate of drug-likeness (QED) is 0.850. The molecule has 0 aliphatic heterocycles. The molecule has 0 saturated heterocycles. The number of carboxylic acids is 1. The molecule has 104 valence electrons. The van der Waals surface area contributed by atoms with Crippen LogP contribution in [0.5, 0.6) is 0 Å². The average molecular weight is 299 g/mol. The average Bonchev–Trinajstić information content (AvgIpc) is 2.85. The normalized spacial score (nSPS) is 9.86. The molecule has 0 aliphatic carbocycles. The molecule has 1 N–H and O–H groups in total. The topological polar surface area (TPSA) is 116 Å². The lowest BCUT2D eigenvalue weighted by Gasteiger charge is -2.08. The van der Waals surface area contributed by atoms with Gasteiger partial charge in [-0.05, 0) is 25.1 Å². The maximum Gasteiger partial charge on any atom is 0.313 e. The highest BCUT2D eigenvalue weighted by Gasteiger charge is 2.14. The fourth-order valence-corrected chi connectivity index (χ4v) is 2.44. The van der Waals surface area contributed by atoms with E-state index in [9.17, 15) is 4.79 Å². The summed E-state index contributed by atoms with van der Waals surface area (Å²) in [5.41, 5.74) is 1.14. The van der Waals surface area contributed by atoms with Crippen LogP contribution in [0.15, 0.2) is 23.4 Å². The van der Waals surface area contributed by atoms with Crippen LogP contribution in [0.1, 0.15) is 17.0 Å². The molecule has 0 bridgehead atoms. The van der Waals surface area contributed by atoms with E-state index in [-0.39, 0.29) is 16.9 Å². The first-order valence-electron chi connectivity index (χ1n) is 5.78. The van der Waals surface area contributed by atoms with Gasteiger partial charge < -0.3 is 5.11 Å². The number of rotatable bonds is 4. The first-order chi connectivity index (χ1) is 10.1. The van der Waals surface area contributed by atoms with Gasteiger partial charge in [0.05, 0.1) is 22.6 Å². The fourth-order valence-electron chi connectivity index (χ4n) is 1.72. The van der Waals surface area contributed by atoms with Gasteiger partial charge in [-0.25, -0.2) is 0 Å². The molecular weight excluding hydrogens is 290 g/mol. The van der Waals surface area contributed by atoms with Gasteiger partial charge in [0.2, 0.25) is 0 Å². The molecule has 8 heteroatoms. The highest BCUT2D eigenvalue weighted by molar-refractivity contribution is 7.99. The van der Waals surface area contributed by atoms with Crippen LogP contribution in [0.2, 0.25) is 0 Å². The maximum absolute atomic E-state index is 10.7. The van der Waals surface area contributed by atoms with Crippen LogP contribution in [-0.2, 0) is 4.79 Å². The number of carboxylic acid groups (broad SMARTS) is 1. The molecule has 1 aromatic carbocycles. The van der Waals surface area contributed by atoms with Crippen molar-refractivity contribution in [2.75, 3.05) is 5.75 Å². The third-order valence-corrected chi connectivity index (χ3v) is 3.54. The summed E-state index contributed by atoms with van der Waals surface area (Å²) in [5.74, 6) is -0.527. The fraction of sp³-hybridized carbons (Fsp3) is 0.154. The second kappa shape index (κ2) is 6.07. The predicted octanol–water partition coefficient (Wildman–Crippen LogP) is 1.50. The Morgan fingerprint density at radius 2 is 2.05 bits per heavy atom. The van der Waals surface area contributed by atoms with Gasteiger partial charge in [0.25, 0.3) is 0 Å². The van der Waals surface area contributed by atoms with E-state index in [4.69, 9.17) is 15.6 Å². The number of hydrogen-bond donors (Lipinski definition) is 1. The molecule has 0 amide bonds. The van der Waals surface area contributed by atoms with Crippen molar-refractivity contribution >= 4 is 17.7 Å². The Morgan fingerprint density at radius 3 is 2.67 bits per heavy atom. The van der Waals surface area contributed by atoms with Crippen molar-refractivity contribution in [3.8, 4) is 17.8 Å². The summed E-state index contributed by atoms with van der Waals surface area (Å²) in [6, 6.07) is 8.67. The second-order valence-electron chi connectivity index (χ2n) is 4.00. The summed E-state index contributed by atoms with van der Waals surface area (Å²) >= 11 is 1.04. The van der Waals surface area contributed by atoms with Crippen molar-refractivity contribution in [3.05, 3.63) is 35.2 Å². The number of aryl methyl sites for hydroxylation is 1. The summed E-state index contributed by atoms with van der Waals surface area (Å²) in [7, 11) is 0. The summed E-state index contributed by atoms with van der Waals surface area (Å²) in [6.45, 7) is 1.72. The van der Waals surface area contributed by atoms with Gasteiger partial charge in [-0.3, -0.25) is 9.36 Å². The zero-order valence-corrected chi connectivity index (χ0v) is 11.8. The van der Waals surface area contributed by atoms with Crippen LogP contribution in [0.3, 0.4) is 0 Å². The molecule has 0 fully saturated rings. The number of benzene rings is 1. The highest BCUT2D eigenvalue weighted by atomic mass is 32.2. The van der Waals surface area contributed by atoms with Gasteiger partial charge in [0.1, 0.15) is 18.0 Å². The standard InChI is InChI=1S/C13H9N5O2S/c1-8-16-17-13(21-7-12(19)20)18(8)11-3-2-9(5-14)10(4-11)6-15/h2-4H,7H2,1H3,(H,19,20). The number of aromatic nitrogens is 3. The Morgan fingerprint density at radius 1 is 1.33 bits per heavy atom. The molecule has 0 atom stereocenters. The summed E-state index contributed by atoms with van der Waals surface area (Å²) in [5, 5.41) is 35.0. The number of hydrogen-bond acceptors (Lipinski definition) is 6. The molecular formula is C13H9N5O2S. The minimum atomic E-state index is -0.954. The van der Waals surface area contributed by atoms with E-state index >= 15 is 0 Å². The van der Waals surface area contributed by atoms with Gasteiger partial charge in [0, 0.05) is 0 Å². The Hall–Kier alpha value is -2.84. The number of thioether (sulfide) groups is 1. The Labute approximate surface area is 124 Å². The maximum atomic E-state index is 10.7. The van der Waals surface area contributed by atoms with E-state index in [0.717, 1.165) is 11.8 Å². The monoisotopic (exact) mass is 299 g/mol. The Kier molecular flexibility index (Phi) is 4.21. The number of nitriles is 2. The van der Waals surface area contributed by atoms with Crippen LogP contribution in [0.4, 0.5) is 0 Å². The molecule has 1 aromatic heterocycles. The molecule has 0 spiro atoms. The van der Waals surface area contributed by atoms with E-state index in [0.29, 0.717) is 16.7 Å². The third-order valence-electron chi connectivity index (χ3n) is 2.62. The molecule has 2 rings (SSSR count). The lowest BCUT2D eigenvalue weighted by molar-refractivity contribution is -0.133. The number of nitrogens with zero attached hydrogens (tertiary/aromatic N) is 5. The van der Waals surface area contributed by atoms with Crippen molar-refractivity contribution in [2.24, 2.45) is 0 Å². The van der Waals surface area contributed by atoms with Crippen LogP contribution in [-0.4, -0.2) is 31.6 Å². The SMILES string of the molecule is Cc1nnc(SCC(=O)O)n1-c1ccc(C#N)c(C#N)c1. The van der Waals surface area contributed by atoms with E-state index < -0.39 is 5.97 Å². The lowest BCUT2D eigenvalue weighted by Crippen LogP contribution is -2.03. The minimum Gasteiger partial charge on any atom is -0.481 e. The Balaban J connectivity index is 2.47. The smallest absolute Gasteiger partial charge is 0.313 e. The van der Waals surface area contributed by atoms with E-state index in [2.05, 4.69) is 10.2 Å². The first-order valence-corrected chi connectivity index (χ1v) is 6.76. The molecule has 1 heterocycles. The zero-order chi connectivity index (χ0) is 15.4. The lowest BCUT2D eigenvalue weighted by atomic mass is 10.1. The largest absolute Gasteiger partial charge is 0.481 e. The molecule has 0 radical (unpaired) electrons. The molecule has 21 heavy (non-hydrogen) atoms. The first kappa shape index (κ1) is 14.6. The van der Waals surface area contributed by atoms with Crippen LogP contribution >= 0.6 is 11.8 Å². The van der Waals surface area contributed by atoms with Gasteiger partial charge in [0.15, 0.2) is 5.16 Å². The third kappa shape index (κ3) is 3.02. The van der Waals surface area contributed by atoms with Gasteiger partial charge in [-0.15, -0.1) is 10.2 Å². The zero-order valence-electron chi connectivity index (χ0n) is 10.9. The van der Waals surface area contributed by atoms with Crippen molar-refractivity contribution in [2.45, 2.75) is 12.1 Å². The van der Waals surface area contributed by atoms with Crippen molar-refractivity contribution < 1.29 is 9.90 Å². The van der Waals surface area contributed by atoms with Crippen molar-refractivity contribution in [1.82, 2.24) is 14.8 Å². The van der Waals surface area contributed by atoms with E-state index in [1.807, 2.05) is 12.1 Å². The molecule has 0 unspecified atom stereocenters. The van der Waals surface area contributed by atoms with Crippen LogP contribution in [0.25, 0.3) is 5.69 Å².